The molecule has 0 spiro atoms. The number of rotatable bonds is 7. The zero-order valence-electron chi connectivity index (χ0n) is 32.1. The molecule has 1 amide bonds. The van der Waals surface area contributed by atoms with Crippen LogP contribution in [0.2, 0.25) is 10.0 Å². The number of alkyl halides is 12. The van der Waals surface area contributed by atoms with Crippen LogP contribution >= 0.6 is 23.2 Å². The van der Waals surface area contributed by atoms with Gasteiger partial charge in [-0.15, -0.1) is 0 Å². The number of aliphatic hydroxyl groups is 1. The van der Waals surface area contributed by atoms with Crippen LogP contribution in [-0.4, -0.2) is 141 Å². The molecule has 4 aliphatic rings. The number of ether oxygens (including phenoxy) is 1. The average Bonchev–Trinajstić information content (AvgIpc) is 3.91. The van der Waals surface area contributed by atoms with Crippen LogP contribution in [-0.2, 0) is 17.8 Å². The summed E-state index contributed by atoms with van der Waals surface area (Å²) in [7, 11) is 0. The number of amides is 1. The van der Waals surface area contributed by atoms with E-state index in [4.69, 9.17) is 28.3 Å². The Hall–Kier alpha value is -3.11. The first-order valence-electron chi connectivity index (χ1n) is 19.1. The molecule has 4 aliphatic heterocycles. The number of carbonyl (C=O) groups excluding carboxylic acids is 1. The van der Waals surface area contributed by atoms with Gasteiger partial charge in [0.2, 0.25) is 6.10 Å². The molecule has 0 atom stereocenters. The topological polar surface area (TPSA) is 74.8 Å². The number of nitrogens with zero attached hydrogens (tertiary/aromatic N) is 5. The number of nitrogens with one attached hydrogen (secondary N) is 1. The molecule has 60 heavy (non-hydrogen) atoms. The lowest BCUT2D eigenvalue weighted by atomic mass is 10.1. The number of benzene rings is 2. The quantitative estimate of drug-likeness (QED) is 0.268. The fraction of sp³-hybridized carbons (Fsp3) is 0.649. The van der Waals surface area contributed by atoms with E-state index >= 15 is 0 Å². The molecule has 9 nitrogen and oxygen atoms in total. The van der Waals surface area contributed by atoms with Crippen LogP contribution < -0.4 is 15.1 Å². The second kappa shape index (κ2) is 21.3. The van der Waals surface area contributed by atoms with Gasteiger partial charge in [0.1, 0.15) is 0 Å². The molecule has 0 unspecified atom stereocenters. The predicted octanol–water partition coefficient (Wildman–Crippen LogP) is 8.50. The Balaban J connectivity index is 0.000000231. The summed E-state index contributed by atoms with van der Waals surface area (Å²) in [6, 6.07) is 12.4. The molecule has 23 heteroatoms. The van der Waals surface area contributed by atoms with Gasteiger partial charge in [-0.2, -0.15) is 52.7 Å². The second-order valence-corrected chi connectivity index (χ2v) is 15.4. The molecule has 0 radical (unpaired) electrons. The summed E-state index contributed by atoms with van der Waals surface area (Å²) in [5.74, 6) is 0. The van der Waals surface area contributed by atoms with Crippen molar-refractivity contribution < 1.29 is 67.3 Å². The van der Waals surface area contributed by atoms with E-state index in [1.165, 1.54) is 37.2 Å². The first-order valence-corrected chi connectivity index (χ1v) is 19.8. The maximum atomic E-state index is 12.6. The lowest BCUT2D eigenvalue weighted by molar-refractivity contribution is -0.309. The van der Waals surface area contributed by atoms with E-state index in [-0.39, 0.29) is 26.2 Å². The molecular weight excluding hydrogens is 875 g/mol. The molecule has 2 aromatic rings. The van der Waals surface area contributed by atoms with E-state index in [1.807, 2.05) is 23.1 Å². The minimum absolute atomic E-state index is 0.0508. The van der Waals surface area contributed by atoms with Crippen molar-refractivity contribution in [1.82, 2.24) is 20.0 Å². The van der Waals surface area contributed by atoms with Crippen molar-refractivity contribution in [1.29, 1.82) is 0 Å². The Morgan fingerprint density at radius 3 is 1.32 bits per heavy atom. The highest BCUT2D eigenvalue weighted by atomic mass is 35.5. The minimum Gasteiger partial charge on any atom is -0.426 e. The van der Waals surface area contributed by atoms with Crippen LogP contribution in [0.4, 0.5) is 68.9 Å². The summed E-state index contributed by atoms with van der Waals surface area (Å²) < 4.78 is 145. The normalized spacial score (nSPS) is 18.7. The first-order chi connectivity index (χ1) is 27.9. The number of hydrogen-bond acceptors (Lipinski definition) is 8. The third-order valence-corrected chi connectivity index (χ3v) is 10.8. The van der Waals surface area contributed by atoms with Crippen molar-refractivity contribution in [3.8, 4) is 0 Å². The van der Waals surface area contributed by atoms with Gasteiger partial charge in [0.25, 0.3) is 6.10 Å². The number of aliphatic hydroxyl groups excluding tert-OH is 1. The number of carbonyl (C=O) groups is 1. The van der Waals surface area contributed by atoms with Gasteiger partial charge < -0.3 is 29.9 Å². The number of hydrogen-bond donors (Lipinski definition) is 2. The lowest BCUT2D eigenvalue weighted by Crippen LogP contribution is -2.52. The van der Waals surface area contributed by atoms with Crippen LogP contribution in [0.5, 0.6) is 0 Å². The van der Waals surface area contributed by atoms with Gasteiger partial charge in [-0.25, -0.2) is 4.79 Å². The van der Waals surface area contributed by atoms with Gasteiger partial charge in [0, 0.05) is 113 Å². The van der Waals surface area contributed by atoms with Crippen LogP contribution in [0, 0.1) is 0 Å². The summed E-state index contributed by atoms with van der Waals surface area (Å²) in [6.07, 6.45) is -27.8. The van der Waals surface area contributed by atoms with E-state index < -0.39 is 43.0 Å². The molecule has 4 heterocycles. The van der Waals surface area contributed by atoms with E-state index in [9.17, 15) is 57.5 Å². The molecule has 0 saturated carbocycles. The maximum Gasteiger partial charge on any atom is 0.434 e. The van der Waals surface area contributed by atoms with Gasteiger partial charge in [0.05, 0.1) is 0 Å². The SMILES string of the molecule is Clc1cc(N2CCCC2)ccc1CN1CCNCC1.O=C(OC(C(F)(F)F)C(F)(F)F)N1CCN(Cc2ccc(N3CCCC3)cc2Cl)CC1.OC(C(F)(F)F)C(F)(F)F. The molecule has 340 valence electrons. The van der Waals surface area contributed by atoms with Crippen molar-refractivity contribution in [3.63, 3.8) is 0 Å². The van der Waals surface area contributed by atoms with Gasteiger partial charge in [-0.1, -0.05) is 35.3 Å². The Kier molecular flexibility index (Phi) is 17.6. The average molecular weight is 922 g/mol. The number of anilines is 2. The monoisotopic (exact) mass is 920 g/mol. The van der Waals surface area contributed by atoms with Crippen molar-refractivity contribution in [2.24, 2.45) is 0 Å². The Labute approximate surface area is 349 Å². The summed E-state index contributed by atoms with van der Waals surface area (Å²) >= 11 is 12.9. The summed E-state index contributed by atoms with van der Waals surface area (Å²) in [5, 5.41) is 12.4. The van der Waals surface area contributed by atoms with E-state index in [2.05, 4.69) is 43.0 Å². The molecule has 0 bridgehead atoms. The molecule has 4 fully saturated rings. The first kappa shape index (κ1) is 49.5. The minimum atomic E-state index is -5.73. The van der Waals surface area contributed by atoms with Crippen molar-refractivity contribution in [3.05, 3.63) is 57.6 Å². The fourth-order valence-corrected chi connectivity index (χ4v) is 7.26. The summed E-state index contributed by atoms with van der Waals surface area (Å²) in [4.78, 5) is 21.8. The van der Waals surface area contributed by atoms with E-state index in [0.717, 1.165) is 79.8 Å². The number of piperazine rings is 2. The van der Waals surface area contributed by atoms with Crippen molar-refractivity contribution >= 4 is 40.7 Å². The Bertz CT molecular complexity index is 1630. The highest BCUT2D eigenvalue weighted by Gasteiger charge is 2.60. The summed E-state index contributed by atoms with van der Waals surface area (Å²) in [6.45, 7) is 10.6. The molecular formula is C37H46Cl2F12N6O3. The largest absolute Gasteiger partial charge is 0.434 e. The lowest BCUT2D eigenvalue weighted by Gasteiger charge is -2.35. The molecule has 2 N–H and O–H groups in total. The van der Waals surface area contributed by atoms with Gasteiger partial charge in [0.15, 0.2) is 0 Å². The summed E-state index contributed by atoms with van der Waals surface area (Å²) in [5.41, 5.74) is 4.44. The molecule has 0 aliphatic carbocycles. The highest BCUT2D eigenvalue weighted by Crippen LogP contribution is 2.37. The molecule has 0 aromatic heterocycles. The highest BCUT2D eigenvalue weighted by molar-refractivity contribution is 6.32. The van der Waals surface area contributed by atoms with Crippen LogP contribution in [0.25, 0.3) is 0 Å². The maximum absolute atomic E-state index is 12.6. The van der Waals surface area contributed by atoms with Gasteiger partial charge in [-0.05, 0) is 61.1 Å². The van der Waals surface area contributed by atoms with Crippen molar-refractivity contribution in [2.45, 2.75) is 75.7 Å². The second-order valence-electron chi connectivity index (χ2n) is 14.6. The third kappa shape index (κ3) is 15.1. The third-order valence-electron chi connectivity index (χ3n) is 10.1. The van der Waals surface area contributed by atoms with Crippen LogP contribution in [0.3, 0.4) is 0 Å². The molecule has 4 saturated heterocycles. The van der Waals surface area contributed by atoms with Crippen molar-refractivity contribution in [2.75, 3.05) is 88.3 Å². The standard InChI is InChI=1S/C19H22ClF6N3O2.C15H22ClN3.C3H2F6O/c20-15-11-14(28-5-1-2-6-28)4-3-13(15)12-27-7-9-29(10-8-27)17(30)31-16(18(21,22)23)19(24,25)26;16-15-11-14(19-7-1-2-8-19)4-3-13(15)12-18-9-5-17-6-10-18;4-2(5,6)1(10)3(7,8)9/h3-4,11,16H,1-2,5-10,12H2;3-4,11,17H,1-2,5-10,12H2;1,10H. The molecule has 2 aromatic carbocycles. The Morgan fingerprint density at radius 2 is 0.983 bits per heavy atom. The Morgan fingerprint density at radius 1 is 0.600 bits per heavy atom. The number of halogens is 14. The molecule has 6 rings (SSSR count). The predicted molar refractivity (Wildman–Crippen MR) is 201 cm³/mol. The van der Waals surface area contributed by atoms with Crippen LogP contribution in [0.1, 0.15) is 36.8 Å². The van der Waals surface area contributed by atoms with Crippen LogP contribution in [0.15, 0.2) is 36.4 Å². The zero-order chi connectivity index (χ0) is 44.5. The smallest absolute Gasteiger partial charge is 0.426 e. The fourth-order valence-electron chi connectivity index (χ4n) is 6.79. The zero-order valence-corrected chi connectivity index (χ0v) is 33.6. The van der Waals surface area contributed by atoms with Gasteiger partial charge >= 0.3 is 30.8 Å². The van der Waals surface area contributed by atoms with E-state index in [0.29, 0.717) is 11.6 Å². The van der Waals surface area contributed by atoms with E-state index in [1.54, 1.807) is 0 Å². The van der Waals surface area contributed by atoms with Gasteiger partial charge in [-0.3, -0.25) is 9.80 Å².